The molecule has 0 amide bonds. The second-order valence-corrected chi connectivity index (χ2v) is 21.9. The molecule has 0 aliphatic heterocycles. The van der Waals surface area contributed by atoms with E-state index in [1.807, 2.05) is 124 Å². The summed E-state index contributed by atoms with van der Waals surface area (Å²) < 4.78 is 4.09. The summed E-state index contributed by atoms with van der Waals surface area (Å²) in [5.74, 6) is 0.610. The molecule has 3 heterocycles. The molecule has 0 unspecified atom stereocenters. The van der Waals surface area contributed by atoms with Crippen molar-refractivity contribution in [3.05, 3.63) is 268 Å². The minimum Gasteiger partial charge on any atom is -0.308 e. The minimum absolute atomic E-state index is 0.169. The van der Waals surface area contributed by atoms with Crippen molar-refractivity contribution in [1.29, 1.82) is 52.6 Å². The Morgan fingerprint density at radius 1 is 0.223 bits per heavy atom. The molecule has 0 aliphatic carbocycles. The van der Waals surface area contributed by atoms with E-state index in [1.165, 1.54) is 0 Å². The lowest BCUT2D eigenvalue weighted by Gasteiger charge is -2.17. The summed E-state index contributed by atoms with van der Waals surface area (Å²) >= 11 is 0. The number of rotatable bonds is 9. The third-order valence-electron chi connectivity index (χ3n) is 16.7. The summed E-state index contributed by atoms with van der Waals surface area (Å²) in [7, 11) is 0. The van der Waals surface area contributed by atoms with Crippen LogP contribution in [0.25, 0.3) is 134 Å². The van der Waals surface area contributed by atoms with Crippen LogP contribution in [0, 0.1) is 113 Å². The van der Waals surface area contributed by atoms with Crippen LogP contribution in [-0.2, 0) is 0 Å². The zero-order valence-electron chi connectivity index (χ0n) is 48.9. The average molecular weight is 1190 g/mol. The Kier molecular flexibility index (Phi) is 14.0. The molecule has 0 saturated heterocycles. The number of hydrogen-bond acceptors (Lipinski definition) is 13. The zero-order valence-corrected chi connectivity index (χ0v) is 48.9. The van der Waals surface area contributed by atoms with Crippen LogP contribution < -0.4 is 0 Å². The molecule has 94 heavy (non-hydrogen) atoms. The average Bonchev–Trinajstić information content (AvgIpc) is 1.57. The predicted octanol–water partition coefficient (Wildman–Crippen LogP) is 16.5. The van der Waals surface area contributed by atoms with Crippen molar-refractivity contribution in [3.63, 3.8) is 0 Å². The fourth-order valence-electron chi connectivity index (χ4n) is 12.4. The molecule has 14 rings (SSSR count). The number of nitrogens with zero attached hydrogens (tertiary/aromatic N) is 15. The Bertz CT molecular complexity index is 5520. The molecule has 15 nitrogen and oxygen atoms in total. The molecule has 0 bridgehead atoms. The first-order valence-corrected chi connectivity index (χ1v) is 29.0. The fraction of sp³-hybridized carbons (Fsp3) is 0. The topological polar surface area (TPSA) is 286 Å². The molecule has 15 heteroatoms. The lowest BCUT2D eigenvalue weighted by atomic mass is 9.95. The van der Waals surface area contributed by atoms with Gasteiger partial charge in [0.2, 0.25) is 0 Å². The van der Waals surface area contributed by atoms with Gasteiger partial charge in [-0.1, -0.05) is 78.9 Å². The van der Waals surface area contributed by atoms with Crippen molar-refractivity contribution >= 4 is 43.6 Å². The maximum Gasteiger partial charge on any atom is 0.166 e. The van der Waals surface area contributed by atoms with Crippen molar-refractivity contribution in [2.45, 2.75) is 0 Å². The summed E-state index contributed by atoms with van der Waals surface area (Å²) in [5, 5.41) is 105. The van der Waals surface area contributed by atoms with E-state index in [4.69, 9.17) is 15.0 Å². The highest BCUT2D eigenvalue weighted by molar-refractivity contribution is 6.14. The van der Waals surface area contributed by atoms with Crippen LogP contribution in [0.2, 0.25) is 0 Å². The van der Waals surface area contributed by atoms with Gasteiger partial charge in [0.15, 0.2) is 17.5 Å². The van der Waals surface area contributed by atoms with Gasteiger partial charge in [0, 0.05) is 38.2 Å². The van der Waals surface area contributed by atoms with E-state index in [0.29, 0.717) is 150 Å². The van der Waals surface area contributed by atoms with Crippen LogP contribution in [0.3, 0.4) is 0 Å². The highest BCUT2D eigenvalue weighted by Crippen LogP contribution is 2.44. The zero-order chi connectivity index (χ0) is 64.7. The van der Waals surface area contributed by atoms with Gasteiger partial charge in [0.25, 0.3) is 0 Å². The Balaban J connectivity index is 1.03. The van der Waals surface area contributed by atoms with Gasteiger partial charge in [-0.3, -0.25) is 0 Å². The van der Waals surface area contributed by atoms with E-state index in [9.17, 15) is 52.6 Å². The molecule has 0 radical (unpaired) electrons. The minimum atomic E-state index is 0.169. The van der Waals surface area contributed by atoms with Crippen LogP contribution in [0.15, 0.2) is 212 Å². The molecule has 11 aromatic carbocycles. The number of fused-ring (bicyclic) bond motifs is 6. The molecule has 14 aromatic rings. The molecular weight excluding hydrogens is 1160 g/mol. The van der Waals surface area contributed by atoms with Gasteiger partial charge in [-0.25, -0.2) is 15.0 Å². The third-order valence-corrected chi connectivity index (χ3v) is 16.7. The first-order chi connectivity index (χ1) is 46.1. The Labute approximate surface area is 536 Å². The normalized spacial score (nSPS) is 10.7. The Morgan fingerprint density at radius 3 is 0.787 bits per heavy atom. The molecule has 426 valence electrons. The van der Waals surface area contributed by atoms with Gasteiger partial charge in [-0.05, 0) is 178 Å². The van der Waals surface area contributed by atoms with E-state index in [-0.39, 0.29) is 17.5 Å². The number of nitriles is 10. The largest absolute Gasteiger partial charge is 0.308 e. The van der Waals surface area contributed by atoms with E-state index < -0.39 is 0 Å². The van der Waals surface area contributed by atoms with E-state index >= 15 is 0 Å². The fourth-order valence-corrected chi connectivity index (χ4v) is 12.4. The number of aromatic nitrogens is 5. The van der Waals surface area contributed by atoms with Crippen molar-refractivity contribution in [1.82, 2.24) is 24.1 Å². The van der Waals surface area contributed by atoms with Gasteiger partial charge >= 0.3 is 0 Å². The Morgan fingerprint density at radius 2 is 0.500 bits per heavy atom. The SMILES string of the molecule is N#Cc1ccc(-c2ccc3c(c2)c2cc(-c4ccc(C#N)cc4C#N)ccc2n3-c2ccc(C#N)cc2-c2nc(-c3ccccc3)nc(-c3cc(C#N)ccc3-n3c4ccc(-c5ccc(C#N)cc5C#N)cc4c4cc(-c5ccc(C#N)cc5C#N)ccc43)n2)c(C#N)c1. The second kappa shape index (κ2) is 23.2. The second-order valence-electron chi connectivity index (χ2n) is 21.9. The highest BCUT2D eigenvalue weighted by Gasteiger charge is 2.26. The van der Waals surface area contributed by atoms with Crippen LogP contribution in [0.5, 0.6) is 0 Å². The van der Waals surface area contributed by atoms with Crippen LogP contribution in [0.4, 0.5) is 0 Å². The quantitative estimate of drug-likeness (QED) is 0.130. The lowest BCUT2D eigenvalue weighted by Crippen LogP contribution is -2.06. The van der Waals surface area contributed by atoms with Crippen molar-refractivity contribution in [2.75, 3.05) is 0 Å². The van der Waals surface area contributed by atoms with Gasteiger partial charge in [-0.2, -0.15) is 52.6 Å². The molecule has 0 saturated carbocycles. The molecule has 0 N–H and O–H groups in total. The van der Waals surface area contributed by atoms with Crippen molar-refractivity contribution < 1.29 is 0 Å². The van der Waals surface area contributed by atoms with Crippen LogP contribution >= 0.6 is 0 Å². The number of benzene rings is 11. The van der Waals surface area contributed by atoms with Gasteiger partial charge in [0.05, 0.1) is 150 Å². The lowest BCUT2D eigenvalue weighted by molar-refractivity contribution is 1.06. The van der Waals surface area contributed by atoms with Crippen molar-refractivity contribution in [3.8, 4) is 151 Å². The van der Waals surface area contributed by atoms with E-state index in [2.05, 4.69) is 60.7 Å². The highest BCUT2D eigenvalue weighted by atomic mass is 15.1. The first-order valence-electron chi connectivity index (χ1n) is 29.0. The monoisotopic (exact) mass is 1190 g/mol. The Hall–Kier alpha value is -15.1. The number of hydrogen-bond donors (Lipinski definition) is 0. The summed E-state index contributed by atoms with van der Waals surface area (Å²) in [4.78, 5) is 15.8. The molecule has 0 spiro atoms. The van der Waals surface area contributed by atoms with Crippen LogP contribution in [0.1, 0.15) is 55.6 Å². The first kappa shape index (κ1) is 56.7. The van der Waals surface area contributed by atoms with Gasteiger partial charge < -0.3 is 9.13 Å². The van der Waals surface area contributed by atoms with Gasteiger partial charge in [0.1, 0.15) is 0 Å². The maximum absolute atomic E-state index is 10.7. The molecule has 0 fully saturated rings. The summed E-state index contributed by atoms with van der Waals surface area (Å²) in [6, 6.07) is 85.3. The summed E-state index contributed by atoms with van der Waals surface area (Å²) in [6.45, 7) is 0. The molecule has 3 aromatic heterocycles. The van der Waals surface area contributed by atoms with Crippen molar-refractivity contribution in [2.24, 2.45) is 0 Å². The summed E-state index contributed by atoms with van der Waals surface area (Å²) in [5.41, 5.74) is 13.8. The van der Waals surface area contributed by atoms with Crippen LogP contribution in [-0.4, -0.2) is 24.1 Å². The molecule has 0 atom stereocenters. The standard InChI is InChI=1S/C79H35N15/c80-36-46-6-16-61(57(26-46)42-86)53-12-22-71-65(32-53)66-33-54(62-17-7-47(37-81)27-58(62)43-87)13-23-72(66)93(71)75-20-10-50(40-84)30-69(75)78-90-77(52-4-2-1-3-5-52)91-79(92-78)70-31-51(41-85)11-21-76(70)94-73-24-14-55(63-18-8-48(38-82)28-59(63)44-88)34-67(73)68-35-56(15-25-74(68)94)64-19-9-49(39-83)29-60(64)45-89/h1-35H. The smallest absolute Gasteiger partial charge is 0.166 e. The third kappa shape index (κ3) is 9.60. The summed E-state index contributed by atoms with van der Waals surface area (Å²) in [6.07, 6.45) is 0. The van der Waals surface area contributed by atoms with E-state index in [0.717, 1.165) is 21.5 Å². The van der Waals surface area contributed by atoms with Gasteiger partial charge in [-0.15, -0.1) is 0 Å². The maximum atomic E-state index is 10.7. The van der Waals surface area contributed by atoms with E-state index in [1.54, 1.807) is 97.1 Å². The predicted molar refractivity (Wildman–Crippen MR) is 354 cm³/mol. The molecule has 0 aliphatic rings. The molecular formula is C79H35N15.